The van der Waals surface area contributed by atoms with E-state index in [-0.39, 0.29) is 11.2 Å². The van der Waals surface area contributed by atoms with Crippen LogP contribution in [-0.4, -0.2) is 5.11 Å². The molecule has 3 nitrogen and oxygen atoms in total. The van der Waals surface area contributed by atoms with Crippen molar-refractivity contribution in [3.8, 4) is 16.9 Å². The summed E-state index contributed by atoms with van der Waals surface area (Å²) in [4.78, 5) is 0. The van der Waals surface area contributed by atoms with Crippen LogP contribution in [0.1, 0.15) is 26.3 Å². The zero-order valence-electron chi connectivity index (χ0n) is 12.2. The van der Waals surface area contributed by atoms with Gasteiger partial charge < -0.3 is 5.11 Å². The third-order valence-electron chi connectivity index (χ3n) is 3.20. The van der Waals surface area contributed by atoms with Crippen molar-refractivity contribution in [1.82, 2.24) is 0 Å². The molecule has 3 N–H and O–H groups in total. The van der Waals surface area contributed by atoms with Crippen LogP contribution in [0.4, 0.5) is 5.69 Å². The zero-order chi connectivity index (χ0) is 14.0. The van der Waals surface area contributed by atoms with Crippen molar-refractivity contribution >= 4 is 5.69 Å². The average molecular weight is 522 g/mol. The first-order chi connectivity index (χ1) is 8.93. The minimum Gasteiger partial charge on any atom is -0.507 e. The molecule has 2 aromatic rings. The van der Waals surface area contributed by atoms with Gasteiger partial charge in [0.2, 0.25) is 0 Å². The SMILES string of the molecule is CC(C)(C)c1ccc(N=[NH2+])c(-c2ccccc2O)c1.[Rf]. The summed E-state index contributed by atoms with van der Waals surface area (Å²) in [6.07, 6.45) is 0. The molecule has 0 heterocycles. The van der Waals surface area contributed by atoms with E-state index in [0.29, 0.717) is 5.69 Å². The second kappa shape index (κ2) is 5.22. The van der Waals surface area contributed by atoms with Gasteiger partial charge in [-0.3, -0.25) is 0 Å². The van der Waals surface area contributed by atoms with E-state index in [1.807, 2.05) is 30.3 Å². The molecule has 100 valence electrons. The van der Waals surface area contributed by atoms with E-state index < -0.39 is 0 Å². The number of benzene rings is 2. The fourth-order valence-corrected chi connectivity index (χ4v) is 2.03. The number of nitrogens with two attached hydrogens (primary N) is 1. The summed E-state index contributed by atoms with van der Waals surface area (Å²) in [5, 5.41) is 13.8. The van der Waals surface area contributed by atoms with E-state index in [9.17, 15) is 5.11 Å². The first-order valence-electron chi connectivity index (χ1n) is 6.27. The minimum atomic E-state index is 0. The Bertz CT molecular complexity index is 618. The van der Waals surface area contributed by atoms with Crippen LogP contribution in [0.3, 0.4) is 0 Å². The van der Waals surface area contributed by atoms with Crippen LogP contribution in [0.2, 0.25) is 0 Å². The maximum Gasteiger partial charge on any atom is 0.137 e. The van der Waals surface area contributed by atoms with Crippen molar-refractivity contribution in [3.05, 3.63) is 48.0 Å². The average Bonchev–Trinajstić information content (AvgIpc) is 2.37. The molecule has 0 aromatic heterocycles. The molecule has 0 fully saturated rings. The predicted molar refractivity (Wildman–Crippen MR) is 76.3 cm³/mol. The molecule has 2 rings (SSSR count). The van der Waals surface area contributed by atoms with Gasteiger partial charge in [0.1, 0.15) is 11.4 Å². The van der Waals surface area contributed by atoms with Gasteiger partial charge >= 0.3 is 0 Å². The Labute approximate surface area is 113 Å². The fraction of sp³-hybridized carbons (Fsp3) is 0.250. The summed E-state index contributed by atoms with van der Waals surface area (Å²) in [5.74, 6) is 0.235. The molecule has 0 aliphatic rings. The van der Waals surface area contributed by atoms with Crippen LogP contribution < -0.4 is 5.53 Å². The summed E-state index contributed by atoms with van der Waals surface area (Å²) in [5.41, 5.74) is 8.93. The molecule has 2 aromatic carbocycles. The van der Waals surface area contributed by atoms with E-state index in [1.165, 1.54) is 5.56 Å². The van der Waals surface area contributed by atoms with Crippen LogP contribution in [0.5, 0.6) is 5.75 Å². The Balaban J connectivity index is 0.00000200. The topological polar surface area (TPSA) is 58.2 Å². The van der Waals surface area contributed by atoms with E-state index >= 15 is 0 Å². The van der Waals surface area contributed by atoms with Gasteiger partial charge in [0.05, 0.1) is 0 Å². The Morgan fingerprint density at radius 2 is 1.65 bits per heavy atom. The van der Waals surface area contributed by atoms with E-state index in [2.05, 4.69) is 25.9 Å². The van der Waals surface area contributed by atoms with E-state index in [0.717, 1.165) is 11.1 Å². The molecule has 0 amide bonds. The van der Waals surface area contributed by atoms with Crippen LogP contribution in [0, 0.1) is 0 Å². The van der Waals surface area contributed by atoms with Gasteiger partial charge in [-0.15, -0.1) is 0 Å². The van der Waals surface area contributed by atoms with Crippen molar-refractivity contribution < 1.29 is 10.6 Å². The van der Waals surface area contributed by atoms with Crippen molar-refractivity contribution in [1.29, 1.82) is 0 Å². The quantitative estimate of drug-likeness (QED) is 0.586. The van der Waals surface area contributed by atoms with Crippen molar-refractivity contribution in [2.45, 2.75) is 26.2 Å². The third-order valence-corrected chi connectivity index (χ3v) is 3.20. The number of nitrogens with zero attached hydrogens (tertiary/aromatic N) is 1. The summed E-state index contributed by atoms with van der Waals surface area (Å²) in [6, 6.07) is 13.2. The molecule has 20 heavy (non-hydrogen) atoms. The molecule has 0 atom stereocenters. The standard InChI is InChI=1S/C16H18N2O.Rf/c1-16(2,3)11-8-9-14(18-17)13(10-11)12-6-4-5-7-15(12)19;/h4-10,17,19H,1-3H3;/p+1. The first-order valence-corrected chi connectivity index (χ1v) is 6.27. The Morgan fingerprint density at radius 3 is 2.20 bits per heavy atom. The third kappa shape index (κ3) is 2.64. The second-order valence-electron chi connectivity index (χ2n) is 5.63. The summed E-state index contributed by atoms with van der Waals surface area (Å²) in [6.45, 7) is 6.45. The zero-order valence-corrected chi connectivity index (χ0v) is 18.6. The van der Waals surface area contributed by atoms with E-state index in [4.69, 9.17) is 5.53 Å². The van der Waals surface area contributed by atoms with Gasteiger partial charge in [-0.05, 0) is 34.3 Å². The second-order valence-corrected chi connectivity index (χ2v) is 5.63. The number of aromatic hydroxyl groups is 1. The minimum absolute atomic E-state index is 0. The summed E-state index contributed by atoms with van der Waals surface area (Å²) < 4.78 is 0. The van der Waals surface area contributed by atoms with Crippen molar-refractivity contribution in [3.63, 3.8) is 0 Å². The number of phenols is 1. The number of phenolic OH excluding ortho intramolecular Hbond substituents is 1. The molecule has 0 aliphatic carbocycles. The molecule has 0 bridgehead atoms. The maximum atomic E-state index is 10.00. The molecule has 0 saturated heterocycles. The van der Waals surface area contributed by atoms with Gasteiger partial charge in [0, 0.05) is 11.1 Å². The molecule has 0 radical (unpaired) electrons. The molecule has 0 aliphatic heterocycles. The van der Waals surface area contributed by atoms with Crippen molar-refractivity contribution in [2.24, 2.45) is 5.11 Å². The van der Waals surface area contributed by atoms with Gasteiger partial charge in [-0.1, -0.05) is 45.0 Å². The van der Waals surface area contributed by atoms with Gasteiger partial charge in [-0.2, -0.15) is 5.53 Å². The molecule has 4 heteroatoms. The molecular formula is C16H19N2ORf+. The van der Waals surface area contributed by atoms with Gasteiger partial charge in [-0.25, -0.2) is 0 Å². The van der Waals surface area contributed by atoms with Gasteiger partial charge in [0.25, 0.3) is 0 Å². The molecule has 0 spiro atoms. The number of hydrogen-bond acceptors (Lipinski definition) is 2. The molecule has 0 saturated carbocycles. The maximum absolute atomic E-state index is 10.00. The Hall–Kier alpha value is -3.16. The number of hydrogen-bond donors (Lipinski definition) is 2. The largest absolute Gasteiger partial charge is 0.507 e. The summed E-state index contributed by atoms with van der Waals surface area (Å²) in [7, 11) is 0. The van der Waals surface area contributed by atoms with Crippen LogP contribution in [-0.2, 0) is 5.41 Å². The number of rotatable bonds is 2. The monoisotopic (exact) mass is 522 g/mol. The Kier molecular flexibility index (Phi) is 3.89. The predicted octanol–water partition coefficient (Wildman–Crippen LogP) is 3.20. The van der Waals surface area contributed by atoms with Crippen LogP contribution in [0.15, 0.2) is 47.6 Å². The molecule has 0 unspecified atom stereocenters. The van der Waals surface area contributed by atoms with Gasteiger partial charge in [0.15, 0.2) is 0 Å². The normalized spacial score (nSPS) is 10.8. The van der Waals surface area contributed by atoms with Crippen LogP contribution >= 0.6 is 0 Å². The smallest absolute Gasteiger partial charge is 0.137 e. The van der Waals surface area contributed by atoms with Crippen molar-refractivity contribution in [2.75, 3.05) is 0 Å². The first kappa shape index (κ1) is 14.9. The van der Waals surface area contributed by atoms with E-state index in [1.54, 1.807) is 12.1 Å². The Morgan fingerprint density at radius 1 is 1.00 bits per heavy atom. The van der Waals surface area contributed by atoms with Crippen LogP contribution in [0.25, 0.3) is 11.1 Å². The fourth-order valence-electron chi connectivity index (χ4n) is 2.03. The number of para-hydroxylation sites is 1. The summed E-state index contributed by atoms with van der Waals surface area (Å²) >= 11 is 0. The molecular weight excluding hydrogens is 503 g/mol.